The third-order valence-corrected chi connectivity index (χ3v) is 6.32. The SMILES string of the molecule is CCCCOC(OCC)(C(OCC)(OCC)OCC)C(CC(=O)O)(C(=O)O)C(OCC)(OCCC)C(OCC)OCC. The van der Waals surface area contributed by atoms with Gasteiger partial charge in [-0.05, 0) is 61.3 Å². The van der Waals surface area contributed by atoms with Crippen molar-refractivity contribution in [2.75, 3.05) is 59.5 Å². The van der Waals surface area contributed by atoms with Gasteiger partial charge in [-0.25, -0.2) is 0 Å². The number of carboxylic acid groups (broad SMARTS) is 2. The van der Waals surface area contributed by atoms with E-state index < -0.39 is 47.6 Å². The maximum absolute atomic E-state index is 14.1. The van der Waals surface area contributed by atoms with Crippen LogP contribution in [0.1, 0.15) is 88.0 Å². The monoisotopic (exact) mass is 612 g/mol. The Morgan fingerprint density at radius 1 is 0.595 bits per heavy atom. The molecule has 3 unspecified atom stereocenters. The van der Waals surface area contributed by atoms with Gasteiger partial charge in [0.1, 0.15) is 0 Å². The van der Waals surface area contributed by atoms with Crippen molar-refractivity contribution in [2.24, 2.45) is 5.41 Å². The van der Waals surface area contributed by atoms with Gasteiger partial charge in [0.25, 0.3) is 5.79 Å². The summed E-state index contributed by atoms with van der Waals surface area (Å²) in [6.45, 7) is 14.8. The van der Waals surface area contributed by atoms with E-state index in [1.807, 2.05) is 13.8 Å². The summed E-state index contributed by atoms with van der Waals surface area (Å²) in [6, 6.07) is 0. The van der Waals surface area contributed by atoms with Crippen molar-refractivity contribution >= 4 is 11.9 Å². The Labute approximate surface area is 251 Å². The first-order valence-electron chi connectivity index (χ1n) is 15.2. The molecule has 0 heterocycles. The Morgan fingerprint density at radius 3 is 1.45 bits per heavy atom. The Morgan fingerprint density at radius 2 is 1.10 bits per heavy atom. The zero-order chi connectivity index (χ0) is 32.3. The number of carbonyl (C=O) groups is 2. The zero-order valence-electron chi connectivity index (χ0n) is 27.2. The molecule has 0 aliphatic carbocycles. The molecule has 0 aliphatic heterocycles. The summed E-state index contributed by atoms with van der Waals surface area (Å²) < 4.78 is 55.8. The van der Waals surface area contributed by atoms with Gasteiger partial charge in [-0.2, -0.15) is 0 Å². The summed E-state index contributed by atoms with van der Waals surface area (Å²) in [5.41, 5.74) is -2.84. The molecule has 0 saturated heterocycles. The Balaban J connectivity index is 8.74. The van der Waals surface area contributed by atoms with Gasteiger partial charge in [-0.15, -0.1) is 0 Å². The molecule has 0 aromatic rings. The van der Waals surface area contributed by atoms with Crippen LogP contribution in [0.5, 0.6) is 0 Å². The lowest BCUT2D eigenvalue weighted by atomic mass is 9.66. The van der Waals surface area contributed by atoms with Crippen molar-refractivity contribution in [3.05, 3.63) is 0 Å². The standard InChI is InChI=1S/C29H56O13/c1-10-19-21-42-28(37-15-6,29(38-16-7,39-17-8)40-18-9)26(24(32)33,22-23(30)31)27(36-14-5,41-20-11-2)25(34-12-3)35-13-4/h25H,10-22H2,1-9H3,(H,30,31)(H,32,33). The van der Waals surface area contributed by atoms with Crippen LogP contribution in [0.15, 0.2) is 0 Å². The fourth-order valence-corrected chi connectivity index (χ4v) is 4.99. The van der Waals surface area contributed by atoms with Crippen LogP contribution in [-0.2, 0) is 52.2 Å². The lowest BCUT2D eigenvalue weighted by Crippen LogP contribution is -2.81. The second-order valence-electron chi connectivity index (χ2n) is 9.08. The molecule has 0 aromatic carbocycles. The average molecular weight is 613 g/mol. The van der Waals surface area contributed by atoms with Crippen molar-refractivity contribution in [1.82, 2.24) is 0 Å². The molecule has 0 aliphatic rings. The predicted octanol–water partition coefficient (Wildman–Crippen LogP) is 4.40. The number of carboxylic acids is 2. The van der Waals surface area contributed by atoms with Crippen LogP contribution >= 0.6 is 0 Å². The highest BCUT2D eigenvalue weighted by Gasteiger charge is 2.83. The van der Waals surface area contributed by atoms with Gasteiger partial charge in [-0.3, -0.25) is 9.59 Å². The lowest BCUT2D eigenvalue weighted by molar-refractivity contribution is -0.542. The summed E-state index contributed by atoms with van der Waals surface area (Å²) in [6.07, 6.45) is -1.18. The predicted molar refractivity (Wildman–Crippen MR) is 153 cm³/mol. The van der Waals surface area contributed by atoms with Crippen LogP contribution in [0.3, 0.4) is 0 Å². The Kier molecular flexibility index (Phi) is 19.8. The van der Waals surface area contributed by atoms with Gasteiger partial charge in [0.2, 0.25) is 12.1 Å². The number of hydrogen-bond donors (Lipinski definition) is 2. The quantitative estimate of drug-likeness (QED) is 0.0947. The van der Waals surface area contributed by atoms with E-state index >= 15 is 0 Å². The molecule has 250 valence electrons. The maximum Gasteiger partial charge on any atom is 0.342 e. The zero-order valence-corrected chi connectivity index (χ0v) is 27.2. The third-order valence-electron chi connectivity index (χ3n) is 6.32. The van der Waals surface area contributed by atoms with Crippen LogP contribution in [0.4, 0.5) is 0 Å². The highest BCUT2D eigenvalue weighted by Crippen LogP contribution is 2.58. The van der Waals surface area contributed by atoms with Crippen LogP contribution in [0.25, 0.3) is 0 Å². The van der Waals surface area contributed by atoms with Crippen LogP contribution in [0.2, 0.25) is 0 Å². The fraction of sp³-hybridized carbons (Fsp3) is 0.931. The maximum atomic E-state index is 14.1. The minimum atomic E-state index is -2.84. The molecule has 2 N–H and O–H groups in total. The van der Waals surface area contributed by atoms with E-state index in [9.17, 15) is 19.8 Å². The molecule has 0 bridgehead atoms. The summed E-state index contributed by atoms with van der Waals surface area (Å²) in [4.78, 5) is 27.0. The van der Waals surface area contributed by atoms with E-state index in [2.05, 4.69) is 0 Å². The summed E-state index contributed by atoms with van der Waals surface area (Å²) in [5, 5.41) is 21.9. The first-order valence-corrected chi connectivity index (χ1v) is 15.2. The number of rotatable bonds is 28. The first kappa shape index (κ1) is 40.6. The lowest BCUT2D eigenvalue weighted by Gasteiger charge is -2.59. The van der Waals surface area contributed by atoms with E-state index in [-0.39, 0.29) is 59.5 Å². The normalized spacial score (nSPS) is 16.6. The van der Waals surface area contributed by atoms with Crippen molar-refractivity contribution < 1.29 is 62.4 Å². The molecule has 13 nitrogen and oxygen atoms in total. The number of hydrogen-bond acceptors (Lipinski definition) is 11. The van der Waals surface area contributed by atoms with Crippen molar-refractivity contribution in [3.8, 4) is 0 Å². The molecule has 0 spiro atoms. The third kappa shape index (κ3) is 8.60. The van der Waals surface area contributed by atoms with Gasteiger partial charge in [0.05, 0.1) is 19.6 Å². The molecular weight excluding hydrogens is 556 g/mol. The summed E-state index contributed by atoms with van der Waals surface area (Å²) in [7, 11) is 0. The molecule has 0 amide bonds. The number of unbranched alkanes of at least 4 members (excludes halogenated alkanes) is 1. The van der Waals surface area contributed by atoms with Gasteiger partial charge < -0.3 is 52.8 Å². The van der Waals surface area contributed by atoms with E-state index in [1.54, 1.807) is 48.5 Å². The van der Waals surface area contributed by atoms with Crippen LogP contribution < -0.4 is 0 Å². The second kappa shape index (κ2) is 20.5. The first-order chi connectivity index (χ1) is 20.1. The van der Waals surface area contributed by atoms with Crippen molar-refractivity contribution in [3.63, 3.8) is 0 Å². The topological polar surface area (TPSA) is 158 Å². The molecule has 3 atom stereocenters. The molecular formula is C29H56O13. The van der Waals surface area contributed by atoms with Crippen LogP contribution in [-0.4, -0.2) is 105 Å². The van der Waals surface area contributed by atoms with Gasteiger partial charge >= 0.3 is 17.9 Å². The number of aliphatic carboxylic acids is 2. The minimum Gasteiger partial charge on any atom is -0.481 e. The average Bonchev–Trinajstić information content (AvgIpc) is 2.93. The Bertz CT molecular complexity index is 728. The summed E-state index contributed by atoms with van der Waals surface area (Å²) >= 11 is 0. The molecule has 0 saturated carbocycles. The molecule has 0 rings (SSSR count). The van der Waals surface area contributed by atoms with E-state index in [0.717, 1.165) is 0 Å². The summed E-state index contributed by atoms with van der Waals surface area (Å²) in [5.74, 6) is -10.8. The molecule has 0 fully saturated rings. The van der Waals surface area contributed by atoms with Gasteiger partial charge in [0.15, 0.2) is 5.41 Å². The highest BCUT2D eigenvalue weighted by molar-refractivity contribution is 5.84. The van der Waals surface area contributed by atoms with E-state index in [0.29, 0.717) is 19.3 Å². The smallest absolute Gasteiger partial charge is 0.342 e. The molecule has 0 aromatic heterocycles. The molecule has 42 heavy (non-hydrogen) atoms. The largest absolute Gasteiger partial charge is 0.481 e. The second-order valence-corrected chi connectivity index (χ2v) is 9.08. The van der Waals surface area contributed by atoms with Crippen molar-refractivity contribution in [2.45, 2.75) is 112 Å². The fourth-order valence-electron chi connectivity index (χ4n) is 4.99. The van der Waals surface area contributed by atoms with Crippen LogP contribution in [0, 0.1) is 5.41 Å². The molecule has 0 radical (unpaired) electrons. The van der Waals surface area contributed by atoms with E-state index in [4.69, 9.17) is 42.6 Å². The Hall–Kier alpha value is -1.42. The van der Waals surface area contributed by atoms with Crippen molar-refractivity contribution in [1.29, 1.82) is 0 Å². The van der Waals surface area contributed by atoms with Gasteiger partial charge in [0, 0.05) is 46.2 Å². The highest BCUT2D eigenvalue weighted by atomic mass is 16.9. The number of ether oxygens (including phenoxy) is 9. The minimum absolute atomic E-state index is 0.0452. The van der Waals surface area contributed by atoms with Gasteiger partial charge in [-0.1, -0.05) is 20.3 Å². The molecule has 13 heteroatoms. The van der Waals surface area contributed by atoms with E-state index in [1.165, 1.54) is 0 Å².